The van der Waals surface area contributed by atoms with Gasteiger partial charge >= 0.3 is 0 Å². The highest BCUT2D eigenvalue weighted by molar-refractivity contribution is 5.28. The fraction of sp³-hybridized carbons (Fsp3) is 0.611. The van der Waals surface area contributed by atoms with Gasteiger partial charge in [0, 0.05) is 31.7 Å². The third kappa shape index (κ3) is 4.00. The zero-order valence-corrected chi connectivity index (χ0v) is 14.0. The average Bonchev–Trinajstić information content (AvgIpc) is 2.85. The van der Waals surface area contributed by atoms with Crippen molar-refractivity contribution in [3.05, 3.63) is 35.2 Å². The average molecular weight is 301 g/mol. The first-order chi connectivity index (χ1) is 10.5. The zero-order valence-electron chi connectivity index (χ0n) is 14.0. The van der Waals surface area contributed by atoms with Crippen LogP contribution in [0.1, 0.15) is 44.4 Å². The summed E-state index contributed by atoms with van der Waals surface area (Å²) in [5.41, 5.74) is 3.18. The zero-order chi connectivity index (χ0) is 16.2. The van der Waals surface area contributed by atoms with Gasteiger partial charge in [0.25, 0.3) is 0 Å². The van der Waals surface area contributed by atoms with Crippen molar-refractivity contribution in [3.8, 4) is 6.07 Å². The summed E-state index contributed by atoms with van der Waals surface area (Å²) in [5, 5.41) is 19.0. The SMILES string of the molecule is CC(C)=CCC1(CO)CCCN(Cc2cc(C#N)n(C)c2)C1. The Morgan fingerprint density at radius 1 is 1.50 bits per heavy atom. The van der Waals surface area contributed by atoms with E-state index in [1.807, 2.05) is 23.9 Å². The van der Waals surface area contributed by atoms with Crippen molar-refractivity contribution >= 4 is 0 Å². The Kier molecular flexibility index (Phi) is 5.44. The number of piperidine rings is 1. The number of rotatable bonds is 5. The molecule has 1 aromatic heterocycles. The summed E-state index contributed by atoms with van der Waals surface area (Å²) in [6, 6.07) is 4.17. The van der Waals surface area contributed by atoms with Gasteiger partial charge in [-0.05, 0) is 51.3 Å². The molecule has 0 aliphatic carbocycles. The predicted molar refractivity (Wildman–Crippen MR) is 88.2 cm³/mol. The summed E-state index contributed by atoms with van der Waals surface area (Å²) in [7, 11) is 1.91. The minimum Gasteiger partial charge on any atom is -0.396 e. The van der Waals surface area contributed by atoms with Crippen LogP contribution in [-0.4, -0.2) is 34.3 Å². The van der Waals surface area contributed by atoms with Crippen LogP contribution >= 0.6 is 0 Å². The first-order valence-electron chi connectivity index (χ1n) is 8.00. The number of nitrogens with zero attached hydrogens (tertiary/aromatic N) is 3. The molecule has 0 saturated carbocycles. The lowest BCUT2D eigenvalue weighted by Crippen LogP contribution is -2.44. The molecular weight excluding hydrogens is 274 g/mol. The second-order valence-electron chi connectivity index (χ2n) is 6.91. The van der Waals surface area contributed by atoms with Crippen LogP contribution in [0, 0.1) is 16.7 Å². The molecule has 4 nitrogen and oxygen atoms in total. The van der Waals surface area contributed by atoms with Gasteiger partial charge < -0.3 is 9.67 Å². The van der Waals surface area contributed by atoms with Crippen LogP contribution in [0.25, 0.3) is 0 Å². The largest absolute Gasteiger partial charge is 0.396 e. The summed E-state index contributed by atoms with van der Waals surface area (Å²) in [6.07, 6.45) is 7.43. The smallest absolute Gasteiger partial charge is 0.120 e. The molecule has 1 aliphatic rings. The number of likely N-dealkylation sites (tertiary alicyclic amines) is 1. The number of nitriles is 1. The van der Waals surface area contributed by atoms with E-state index >= 15 is 0 Å². The number of hydrogen-bond acceptors (Lipinski definition) is 3. The van der Waals surface area contributed by atoms with Crippen molar-refractivity contribution in [3.63, 3.8) is 0 Å². The molecule has 0 spiro atoms. The molecule has 120 valence electrons. The third-order valence-corrected chi connectivity index (χ3v) is 4.60. The number of aliphatic hydroxyl groups excluding tert-OH is 1. The van der Waals surface area contributed by atoms with E-state index in [4.69, 9.17) is 5.26 Å². The van der Waals surface area contributed by atoms with Gasteiger partial charge in [0.15, 0.2) is 0 Å². The first-order valence-corrected chi connectivity index (χ1v) is 8.00. The molecule has 1 saturated heterocycles. The van der Waals surface area contributed by atoms with Crippen LogP contribution in [0.15, 0.2) is 23.9 Å². The van der Waals surface area contributed by atoms with E-state index in [-0.39, 0.29) is 12.0 Å². The predicted octanol–water partition coefficient (Wildman–Crippen LogP) is 2.83. The Hall–Kier alpha value is -1.57. The molecule has 1 N–H and O–H groups in total. The lowest BCUT2D eigenvalue weighted by molar-refractivity contribution is 0.0307. The van der Waals surface area contributed by atoms with E-state index in [0.29, 0.717) is 5.69 Å². The molecule has 0 radical (unpaired) electrons. The fourth-order valence-corrected chi connectivity index (χ4v) is 3.31. The highest BCUT2D eigenvalue weighted by atomic mass is 16.3. The number of aryl methyl sites for hydroxylation is 1. The van der Waals surface area contributed by atoms with Gasteiger partial charge in [0.2, 0.25) is 0 Å². The normalized spacial score (nSPS) is 22.3. The highest BCUT2D eigenvalue weighted by Crippen LogP contribution is 2.34. The van der Waals surface area contributed by atoms with Gasteiger partial charge in [-0.15, -0.1) is 0 Å². The number of aromatic nitrogens is 1. The lowest BCUT2D eigenvalue weighted by Gasteiger charge is -2.41. The highest BCUT2D eigenvalue weighted by Gasteiger charge is 2.34. The Bertz CT molecular complexity index is 578. The second kappa shape index (κ2) is 7.13. The molecule has 4 heteroatoms. The summed E-state index contributed by atoms with van der Waals surface area (Å²) in [6.45, 7) is 7.30. The van der Waals surface area contributed by atoms with E-state index in [9.17, 15) is 5.11 Å². The quantitative estimate of drug-likeness (QED) is 0.851. The third-order valence-electron chi connectivity index (χ3n) is 4.60. The Morgan fingerprint density at radius 3 is 2.86 bits per heavy atom. The summed E-state index contributed by atoms with van der Waals surface area (Å²) in [5.74, 6) is 0. The number of hydrogen-bond donors (Lipinski definition) is 1. The van der Waals surface area contributed by atoms with Gasteiger partial charge in [0.05, 0.1) is 6.61 Å². The molecule has 22 heavy (non-hydrogen) atoms. The standard InChI is InChI=1S/C18H27N3O/c1-15(2)5-7-18(14-22)6-4-8-21(13-18)12-16-9-17(10-19)20(3)11-16/h5,9,11,22H,4,6-8,12-14H2,1-3H3. The van der Waals surface area contributed by atoms with Crippen molar-refractivity contribution < 1.29 is 5.11 Å². The molecular formula is C18H27N3O. The van der Waals surface area contributed by atoms with E-state index in [0.717, 1.165) is 38.9 Å². The van der Waals surface area contributed by atoms with Crippen LogP contribution in [-0.2, 0) is 13.6 Å². The maximum Gasteiger partial charge on any atom is 0.120 e. The molecule has 1 unspecified atom stereocenters. The fourth-order valence-electron chi connectivity index (χ4n) is 3.31. The molecule has 2 heterocycles. The van der Waals surface area contributed by atoms with E-state index in [1.54, 1.807) is 0 Å². The molecule has 2 rings (SSSR count). The van der Waals surface area contributed by atoms with E-state index in [1.165, 1.54) is 11.1 Å². The maximum absolute atomic E-state index is 9.92. The Morgan fingerprint density at radius 2 is 2.27 bits per heavy atom. The molecule has 1 fully saturated rings. The molecule has 1 aromatic rings. The van der Waals surface area contributed by atoms with Crippen LogP contribution in [0.2, 0.25) is 0 Å². The van der Waals surface area contributed by atoms with Crippen molar-refractivity contribution in [1.29, 1.82) is 5.26 Å². The van der Waals surface area contributed by atoms with E-state index < -0.39 is 0 Å². The van der Waals surface area contributed by atoms with Gasteiger partial charge in [-0.25, -0.2) is 0 Å². The number of aliphatic hydroxyl groups is 1. The van der Waals surface area contributed by atoms with E-state index in [2.05, 4.69) is 30.9 Å². The molecule has 1 aliphatic heterocycles. The van der Waals surface area contributed by atoms with Gasteiger partial charge in [0.1, 0.15) is 11.8 Å². The van der Waals surface area contributed by atoms with Crippen molar-refractivity contribution in [2.24, 2.45) is 12.5 Å². The van der Waals surface area contributed by atoms with Crippen molar-refractivity contribution in [1.82, 2.24) is 9.47 Å². The molecule has 0 amide bonds. The van der Waals surface area contributed by atoms with Gasteiger partial charge in [-0.2, -0.15) is 5.26 Å². The minimum atomic E-state index is -0.0115. The monoisotopic (exact) mass is 301 g/mol. The van der Waals surface area contributed by atoms with Crippen LogP contribution < -0.4 is 0 Å². The van der Waals surface area contributed by atoms with Crippen LogP contribution in [0.4, 0.5) is 0 Å². The van der Waals surface area contributed by atoms with Crippen molar-refractivity contribution in [2.75, 3.05) is 19.7 Å². The van der Waals surface area contributed by atoms with Crippen LogP contribution in [0.5, 0.6) is 0 Å². The van der Waals surface area contributed by atoms with Crippen LogP contribution in [0.3, 0.4) is 0 Å². The summed E-state index contributed by atoms with van der Waals surface area (Å²) >= 11 is 0. The Balaban J connectivity index is 2.05. The summed E-state index contributed by atoms with van der Waals surface area (Å²) in [4.78, 5) is 2.41. The summed E-state index contributed by atoms with van der Waals surface area (Å²) < 4.78 is 1.88. The first kappa shape index (κ1) is 16.8. The van der Waals surface area contributed by atoms with Crippen molar-refractivity contribution in [2.45, 2.75) is 39.7 Å². The second-order valence-corrected chi connectivity index (χ2v) is 6.91. The molecule has 1 atom stereocenters. The molecule has 0 aromatic carbocycles. The lowest BCUT2D eigenvalue weighted by atomic mass is 9.77. The topological polar surface area (TPSA) is 52.2 Å². The molecule has 0 bridgehead atoms. The van der Waals surface area contributed by atoms with Gasteiger partial charge in [-0.3, -0.25) is 4.90 Å². The Labute approximate surface area is 133 Å². The number of allylic oxidation sites excluding steroid dienone is 2. The maximum atomic E-state index is 9.92. The van der Waals surface area contributed by atoms with Gasteiger partial charge in [-0.1, -0.05) is 11.6 Å². The minimum absolute atomic E-state index is 0.0115.